The van der Waals surface area contributed by atoms with Gasteiger partial charge in [-0.3, -0.25) is 4.79 Å². The van der Waals surface area contributed by atoms with Crippen LogP contribution in [0.15, 0.2) is 0 Å². The average Bonchev–Trinajstić information content (AvgIpc) is 2.14. The third-order valence-electron chi connectivity index (χ3n) is 1.64. The van der Waals surface area contributed by atoms with Gasteiger partial charge in [0, 0.05) is 6.54 Å². The maximum Gasteiger partial charge on any atom is 0.238 e. The van der Waals surface area contributed by atoms with Crippen molar-refractivity contribution in [1.29, 1.82) is 0 Å². The maximum absolute atomic E-state index is 11.2. The molecule has 1 atom stereocenters. The van der Waals surface area contributed by atoms with Crippen LogP contribution in [-0.4, -0.2) is 29.8 Å². The summed E-state index contributed by atoms with van der Waals surface area (Å²) in [6.45, 7) is 2.75. The van der Waals surface area contributed by atoms with E-state index in [0.717, 1.165) is 31.6 Å². The molecule has 0 bridgehead atoms. The van der Waals surface area contributed by atoms with Crippen LogP contribution in [0.2, 0.25) is 0 Å². The number of hydrogen-bond acceptors (Lipinski definition) is 2. The summed E-state index contributed by atoms with van der Waals surface area (Å²) < 4.78 is 0. The number of thioether (sulfide) groups is 1. The highest BCUT2D eigenvalue weighted by atomic mass is 35.5. The van der Waals surface area contributed by atoms with Crippen molar-refractivity contribution in [2.45, 2.75) is 31.6 Å². The van der Waals surface area contributed by atoms with E-state index in [9.17, 15) is 4.79 Å². The smallest absolute Gasteiger partial charge is 0.238 e. The lowest BCUT2D eigenvalue weighted by molar-refractivity contribution is -0.120. The molecule has 0 spiro atoms. The number of carbonyl (C=O) groups is 1. The van der Waals surface area contributed by atoms with Crippen LogP contribution in [0.4, 0.5) is 0 Å². The normalized spacial score (nSPS) is 12.5. The number of halogens is 1. The fourth-order valence-corrected chi connectivity index (χ4v) is 1.58. The van der Waals surface area contributed by atoms with Crippen LogP contribution in [0, 0.1) is 0 Å². The molecule has 0 rings (SSSR count). The Kier molecular flexibility index (Phi) is 8.77. The second-order valence-corrected chi connectivity index (χ2v) is 4.41. The van der Waals surface area contributed by atoms with E-state index >= 15 is 0 Å². The largest absolute Gasteiger partial charge is 0.355 e. The quantitative estimate of drug-likeness (QED) is 0.530. The van der Waals surface area contributed by atoms with Gasteiger partial charge >= 0.3 is 0 Å². The first kappa shape index (κ1) is 13.1. The fraction of sp³-hybridized carbons (Fsp3) is 0.889. The molecular weight excluding hydrogens is 206 g/mol. The monoisotopic (exact) mass is 223 g/mol. The van der Waals surface area contributed by atoms with E-state index in [1.807, 2.05) is 6.92 Å². The summed E-state index contributed by atoms with van der Waals surface area (Å²) in [6, 6.07) is 0. The van der Waals surface area contributed by atoms with Gasteiger partial charge in [0.15, 0.2) is 0 Å². The molecular formula is C9H18ClNOS. The first-order valence-electron chi connectivity index (χ1n) is 4.63. The summed E-state index contributed by atoms with van der Waals surface area (Å²) in [5.74, 6) is 1.05. The SMILES string of the molecule is CCCNC(=O)C(Cl)CCCSC. The molecule has 4 heteroatoms. The standard InChI is InChI=1S/C9H18ClNOS/c1-3-6-11-9(12)8(10)5-4-7-13-2/h8H,3-7H2,1-2H3,(H,11,12). The van der Waals surface area contributed by atoms with E-state index in [0.29, 0.717) is 0 Å². The first-order chi connectivity index (χ1) is 6.22. The minimum Gasteiger partial charge on any atom is -0.355 e. The van der Waals surface area contributed by atoms with Gasteiger partial charge in [-0.1, -0.05) is 6.92 Å². The molecule has 0 saturated heterocycles. The highest BCUT2D eigenvalue weighted by Crippen LogP contribution is 2.08. The van der Waals surface area contributed by atoms with E-state index in [1.165, 1.54) is 0 Å². The Morgan fingerprint density at radius 2 is 2.31 bits per heavy atom. The van der Waals surface area contributed by atoms with Crippen molar-refractivity contribution in [3.8, 4) is 0 Å². The van der Waals surface area contributed by atoms with E-state index in [1.54, 1.807) is 11.8 Å². The number of nitrogens with one attached hydrogen (secondary N) is 1. The zero-order chi connectivity index (χ0) is 10.1. The summed E-state index contributed by atoms with van der Waals surface area (Å²) in [7, 11) is 0. The molecule has 0 radical (unpaired) electrons. The van der Waals surface area contributed by atoms with E-state index in [-0.39, 0.29) is 11.3 Å². The number of rotatable bonds is 7. The van der Waals surface area contributed by atoms with Crippen molar-refractivity contribution >= 4 is 29.3 Å². The Bertz CT molecular complexity index is 144. The molecule has 0 aromatic heterocycles. The third kappa shape index (κ3) is 7.20. The Balaban J connectivity index is 3.45. The highest BCUT2D eigenvalue weighted by molar-refractivity contribution is 7.98. The summed E-state index contributed by atoms with van der Waals surface area (Å²) in [4.78, 5) is 11.2. The minimum absolute atomic E-state index is 0.0235. The second kappa shape index (κ2) is 8.70. The van der Waals surface area contributed by atoms with Crippen molar-refractivity contribution in [2.24, 2.45) is 0 Å². The summed E-state index contributed by atoms with van der Waals surface area (Å²) in [5, 5.41) is 2.43. The Morgan fingerprint density at radius 3 is 2.85 bits per heavy atom. The molecule has 13 heavy (non-hydrogen) atoms. The van der Waals surface area contributed by atoms with Crippen molar-refractivity contribution in [1.82, 2.24) is 5.32 Å². The molecule has 1 N–H and O–H groups in total. The summed E-state index contributed by atoms with van der Waals surface area (Å²) in [5.41, 5.74) is 0. The van der Waals surface area contributed by atoms with Gasteiger partial charge in [-0.15, -0.1) is 11.6 Å². The lowest BCUT2D eigenvalue weighted by Gasteiger charge is -2.08. The van der Waals surface area contributed by atoms with E-state index < -0.39 is 0 Å². The van der Waals surface area contributed by atoms with E-state index in [2.05, 4.69) is 11.6 Å². The molecule has 0 aromatic rings. The van der Waals surface area contributed by atoms with Crippen LogP contribution >= 0.6 is 23.4 Å². The van der Waals surface area contributed by atoms with Crippen molar-refractivity contribution in [3.63, 3.8) is 0 Å². The topological polar surface area (TPSA) is 29.1 Å². The average molecular weight is 224 g/mol. The predicted octanol–water partition coefficient (Wildman–Crippen LogP) is 2.26. The second-order valence-electron chi connectivity index (χ2n) is 2.89. The number of carbonyl (C=O) groups excluding carboxylic acids is 1. The van der Waals surface area contributed by atoms with Gasteiger partial charge < -0.3 is 5.32 Å². The highest BCUT2D eigenvalue weighted by Gasteiger charge is 2.13. The van der Waals surface area contributed by atoms with Gasteiger partial charge in [0.2, 0.25) is 5.91 Å². The van der Waals surface area contributed by atoms with Crippen LogP contribution in [0.1, 0.15) is 26.2 Å². The molecule has 0 fully saturated rings. The van der Waals surface area contributed by atoms with E-state index in [4.69, 9.17) is 11.6 Å². The Morgan fingerprint density at radius 1 is 1.62 bits per heavy atom. The molecule has 0 aromatic carbocycles. The lowest BCUT2D eigenvalue weighted by atomic mass is 10.2. The van der Waals surface area contributed by atoms with Gasteiger partial charge in [-0.25, -0.2) is 0 Å². The molecule has 2 nitrogen and oxygen atoms in total. The zero-order valence-corrected chi connectivity index (χ0v) is 9.88. The van der Waals surface area contributed by atoms with Crippen molar-refractivity contribution < 1.29 is 4.79 Å². The number of alkyl halides is 1. The van der Waals surface area contributed by atoms with Gasteiger partial charge in [0.1, 0.15) is 5.38 Å². The van der Waals surface area contributed by atoms with Crippen LogP contribution in [0.3, 0.4) is 0 Å². The third-order valence-corrected chi connectivity index (χ3v) is 2.75. The van der Waals surface area contributed by atoms with Gasteiger partial charge in [-0.05, 0) is 31.3 Å². The number of hydrogen-bond donors (Lipinski definition) is 1. The van der Waals surface area contributed by atoms with Crippen LogP contribution in [0.25, 0.3) is 0 Å². The van der Waals surface area contributed by atoms with Crippen molar-refractivity contribution in [2.75, 3.05) is 18.6 Å². The summed E-state index contributed by atoms with van der Waals surface area (Å²) in [6.07, 6.45) is 4.80. The minimum atomic E-state index is -0.348. The fourth-order valence-electron chi connectivity index (χ4n) is 0.897. The molecule has 78 valence electrons. The summed E-state index contributed by atoms with van der Waals surface area (Å²) >= 11 is 7.66. The van der Waals surface area contributed by atoms with Gasteiger partial charge in [0.05, 0.1) is 0 Å². The van der Waals surface area contributed by atoms with Crippen LogP contribution < -0.4 is 5.32 Å². The van der Waals surface area contributed by atoms with Gasteiger partial charge in [0.25, 0.3) is 0 Å². The van der Waals surface area contributed by atoms with Crippen molar-refractivity contribution in [3.05, 3.63) is 0 Å². The molecule has 0 aliphatic heterocycles. The Hall–Kier alpha value is 0.110. The molecule has 0 heterocycles. The molecule has 1 amide bonds. The predicted molar refractivity (Wildman–Crippen MR) is 60.6 cm³/mol. The molecule has 1 unspecified atom stereocenters. The number of amides is 1. The van der Waals surface area contributed by atoms with Crippen LogP contribution in [0.5, 0.6) is 0 Å². The lowest BCUT2D eigenvalue weighted by Crippen LogP contribution is -2.31. The maximum atomic E-state index is 11.2. The Labute approximate surface area is 89.8 Å². The molecule has 0 aliphatic carbocycles. The van der Waals surface area contributed by atoms with Crippen LogP contribution in [-0.2, 0) is 4.79 Å². The molecule has 0 saturated carbocycles. The first-order valence-corrected chi connectivity index (χ1v) is 6.46. The zero-order valence-electron chi connectivity index (χ0n) is 8.31. The molecule has 0 aliphatic rings. The van der Waals surface area contributed by atoms with Gasteiger partial charge in [-0.2, -0.15) is 11.8 Å².